The lowest BCUT2D eigenvalue weighted by atomic mass is 9.65. The van der Waals surface area contributed by atoms with Crippen molar-refractivity contribution in [1.29, 1.82) is 0 Å². The zero-order valence-electron chi connectivity index (χ0n) is 18.6. The van der Waals surface area contributed by atoms with Gasteiger partial charge in [0.05, 0.1) is 5.92 Å². The number of carbonyl (C=O) groups excluding carboxylic acids is 3. The number of carbonyl (C=O) groups is 3. The van der Waals surface area contributed by atoms with Gasteiger partial charge in [0.15, 0.2) is 0 Å². The maximum atomic E-state index is 13.0. The number of imide groups is 1. The zero-order valence-corrected chi connectivity index (χ0v) is 18.6. The molecule has 3 aliphatic rings. The summed E-state index contributed by atoms with van der Waals surface area (Å²) in [6, 6.07) is -0.915. The second-order valence-corrected chi connectivity index (χ2v) is 10.2. The van der Waals surface area contributed by atoms with E-state index in [9.17, 15) is 27.6 Å². The van der Waals surface area contributed by atoms with Gasteiger partial charge in [-0.15, -0.1) is 0 Å². The van der Waals surface area contributed by atoms with E-state index in [2.05, 4.69) is 31.4 Å². The summed E-state index contributed by atoms with van der Waals surface area (Å²) in [7, 11) is 0. The number of alkyl halides is 3. The fourth-order valence-corrected chi connectivity index (χ4v) is 5.32. The van der Waals surface area contributed by atoms with Gasteiger partial charge in [-0.2, -0.15) is 13.2 Å². The van der Waals surface area contributed by atoms with Crippen molar-refractivity contribution in [2.75, 3.05) is 6.54 Å². The minimum Gasteiger partial charge on any atom is -0.352 e. The topological polar surface area (TPSA) is 78.5 Å². The molecule has 1 aliphatic heterocycles. The number of nitrogens with one attached hydrogen (secondary N) is 2. The number of amides is 4. The molecule has 0 unspecified atom stereocenters. The number of nitrogens with zero attached hydrogens (tertiary/aromatic N) is 1. The number of halogens is 3. The third-order valence-corrected chi connectivity index (χ3v) is 7.96. The van der Waals surface area contributed by atoms with E-state index in [1.165, 1.54) is 0 Å². The molecule has 31 heavy (non-hydrogen) atoms. The maximum absolute atomic E-state index is 13.0. The van der Waals surface area contributed by atoms with Gasteiger partial charge >= 0.3 is 12.2 Å². The Hall–Kier alpha value is -1.80. The monoisotopic (exact) mass is 445 g/mol. The van der Waals surface area contributed by atoms with Crippen molar-refractivity contribution in [3.8, 4) is 0 Å². The zero-order chi connectivity index (χ0) is 23.0. The van der Waals surface area contributed by atoms with Crippen LogP contribution in [0.1, 0.15) is 78.6 Å². The first kappa shape index (κ1) is 23.9. The van der Waals surface area contributed by atoms with Crippen LogP contribution in [0, 0.1) is 17.3 Å². The molecule has 0 aromatic heterocycles. The van der Waals surface area contributed by atoms with Gasteiger partial charge in [0.1, 0.15) is 12.1 Å². The van der Waals surface area contributed by atoms with Gasteiger partial charge in [0.2, 0.25) is 5.91 Å². The molecular weight excluding hydrogens is 411 g/mol. The molecule has 0 aromatic carbocycles. The van der Waals surface area contributed by atoms with Gasteiger partial charge in [-0.3, -0.25) is 14.5 Å². The lowest BCUT2D eigenvalue weighted by molar-refractivity contribution is -0.182. The Kier molecular flexibility index (Phi) is 6.63. The lowest BCUT2D eigenvalue weighted by Gasteiger charge is -2.42. The molecule has 1 spiro atoms. The first-order valence-electron chi connectivity index (χ1n) is 11.4. The van der Waals surface area contributed by atoms with Crippen LogP contribution < -0.4 is 10.6 Å². The molecule has 9 heteroatoms. The molecule has 3 fully saturated rings. The van der Waals surface area contributed by atoms with Crippen molar-refractivity contribution in [1.82, 2.24) is 15.5 Å². The Morgan fingerprint density at radius 3 is 2.16 bits per heavy atom. The van der Waals surface area contributed by atoms with Crippen molar-refractivity contribution in [3.63, 3.8) is 0 Å². The highest BCUT2D eigenvalue weighted by Gasteiger charge is 2.53. The van der Waals surface area contributed by atoms with E-state index >= 15 is 0 Å². The van der Waals surface area contributed by atoms with Crippen LogP contribution in [0.2, 0.25) is 0 Å². The SMILES string of the molecule is CCC(C)(C)C1CCC2(CC1)NC(=O)N(CC(=O)NC1CCC(C(F)(F)F)CC1)C2=O. The maximum Gasteiger partial charge on any atom is 0.391 e. The summed E-state index contributed by atoms with van der Waals surface area (Å²) in [6.07, 6.45) is 0.104. The number of hydrogen-bond acceptors (Lipinski definition) is 3. The number of hydrogen-bond donors (Lipinski definition) is 2. The highest BCUT2D eigenvalue weighted by atomic mass is 19.4. The van der Waals surface area contributed by atoms with Crippen molar-refractivity contribution < 1.29 is 27.6 Å². The van der Waals surface area contributed by atoms with Gasteiger partial charge in [0, 0.05) is 6.04 Å². The number of urea groups is 1. The second kappa shape index (κ2) is 8.62. The Morgan fingerprint density at radius 1 is 1.06 bits per heavy atom. The molecule has 2 saturated carbocycles. The molecule has 0 bridgehead atoms. The van der Waals surface area contributed by atoms with Crippen LogP contribution in [0.3, 0.4) is 0 Å². The third-order valence-electron chi connectivity index (χ3n) is 7.96. The van der Waals surface area contributed by atoms with Crippen LogP contribution >= 0.6 is 0 Å². The van der Waals surface area contributed by atoms with Gasteiger partial charge in [-0.1, -0.05) is 27.2 Å². The van der Waals surface area contributed by atoms with E-state index in [0.29, 0.717) is 18.8 Å². The molecule has 0 aromatic rings. The third kappa shape index (κ3) is 5.00. The smallest absolute Gasteiger partial charge is 0.352 e. The molecule has 1 heterocycles. The first-order chi connectivity index (χ1) is 14.4. The summed E-state index contributed by atoms with van der Waals surface area (Å²) in [5.41, 5.74) is -0.750. The molecule has 2 aliphatic carbocycles. The molecule has 0 radical (unpaired) electrons. The standard InChI is InChI=1S/C22H34F3N3O3/c1-4-20(2,3)14-9-11-21(12-10-14)18(30)28(19(31)27-21)13-17(29)26-16-7-5-15(6-8-16)22(23,24)25/h14-16H,4-13H2,1-3H3,(H,26,29)(H,27,31). The molecule has 4 amide bonds. The van der Waals surface area contributed by atoms with Crippen LogP contribution in [-0.4, -0.2) is 47.0 Å². The number of rotatable bonds is 5. The van der Waals surface area contributed by atoms with Crippen molar-refractivity contribution in [2.24, 2.45) is 17.3 Å². The van der Waals surface area contributed by atoms with E-state index in [-0.39, 0.29) is 43.0 Å². The summed E-state index contributed by atoms with van der Waals surface area (Å²) < 4.78 is 38.4. The van der Waals surface area contributed by atoms with Crippen LogP contribution in [-0.2, 0) is 9.59 Å². The molecule has 2 N–H and O–H groups in total. The molecular formula is C22H34F3N3O3. The first-order valence-corrected chi connectivity index (χ1v) is 11.4. The molecule has 1 saturated heterocycles. The average molecular weight is 446 g/mol. The van der Waals surface area contributed by atoms with Gasteiger partial charge in [-0.05, 0) is 62.7 Å². The average Bonchev–Trinajstić information content (AvgIpc) is 2.92. The summed E-state index contributed by atoms with van der Waals surface area (Å²) in [5.74, 6) is -1.70. The summed E-state index contributed by atoms with van der Waals surface area (Å²) in [5, 5.41) is 5.53. The molecule has 176 valence electrons. The minimum absolute atomic E-state index is 0.0179. The van der Waals surface area contributed by atoms with E-state index in [1.54, 1.807) is 0 Å². The highest BCUT2D eigenvalue weighted by Crippen LogP contribution is 2.45. The second-order valence-electron chi connectivity index (χ2n) is 10.2. The van der Waals surface area contributed by atoms with Crippen molar-refractivity contribution in [3.05, 3.63) is 0 Å². The summed E-state index contributed by atoms with van der Waals surface area (Å²) in [6.45, 7) is 6.21. The molecule has 3 rings (SSSR count). The predicted octanol–water partition coefficient (Wildman–Crippen LogP) is 4.14. The van der Waals surface area contributed by atoms with Gasteiger partial charge < -0.3 is 10.6 Å². The van der Waals surface area contributed by atoms with Crippen LogP contribution in [0.15, 0.2) is 0 Å². The normalized spacial score (nSPS) is 32.3. The van der Waals surface area contributed by atoms with E-state index in [4.69, 9.17) is 0 Å². The van der Waals surface area contributed by atoms with Crippen LogP contribution in [0.25, 0.3) is 0 Å². The quantitative estimate of drug-likeness (QED) is 0.625. The Morgan fingerprint density at radius 2 is 1.65 bits per heavy atom. The Labute approximate surface area is 181 Å². The van der Waals surface area contributed by atoms with Gasteiger partial charge in [0.25, 0.3) is 5.91 Å². The van der Waals surface area contributed by atoms with E-state index in [1.807, 2.05) is 0 Å². The minimum atomic E-state index is -4.20. The Bertz CT molecular complexity index is 707. The largest absolute Gasteiger partial charge is 0.391 e. The molecule has 6 nitrogen and oxygen atoms in total. The fourth-order valence-electron chi connectivity index (χ4n) is 5.32. The lowest BCUT2D eigenvalue weighted by Crippen LogP contribution is -2.51. The van der Waals surface area contributed by atoms with Crippen LogP contribution in [0.5, 0.6) is 0 Å². The van der Waals surface area contributed by atoms with Crippen molar-refractivity contribution in [2.45, 2.75) is 96.3 Å². The fraction of sp³-hybridized carbons (Fsp3) is 0.864. The van der Waals surface area contributed by atoms with Gasteiger partial charge in [-0.25, -0.2) is 4.79 Å². The van der Waals surface area contributed by atoms with Crippen molar-refractivity contribution >= 4 is 17.8 Å². The molecule has 0 atom stereocenters. The van der Waals surface area contributed by atoms with E-state index in [0.717, 1.165) is 24.2 Å². The van der Waals surface area contributed by atoms with E-state index < -0.39 is 36.1 Å². The summed E-state index contributed by atoms with van der Waals surface area (Å²) >= 11 is 0. The predicted molar refractivity (Wildman–Crippen MR) is 109 cm³/mol. The highest BCUT2D eigenvalue weighted by molar-refractivity contribution is 6.09. The summed E-state index contributed by atoms with van der Waals surface area (Å²) in [4.78, 5) is 38.9. The Balaban J connectivity index is 1.52. The van der Waals surface area contributed by atoms with Crippen LogP contribution in [0.4, 0.5) is 18.0 Å².